The molecule has 1 aliphatic carbocycles. The minimum absolute atomic E-state index is 0.192. The van der Waals surface area contributed by atoms with Crippen LogP contribution in [0.15, 0.2) is 29.4 Å². The highest BCUT2D eigenvalue weighted by atomic mass is 32.2. The first-order valence-corrected chi connectivity index (χ1v) is 11.8. The van der Waals surface area contributed by atoms with Crippen molar-refractivity contribution in [2.75, 3.05) is 37.3 Å². The van der Waals surface area contributed by atoms with Crippen LogP contribution in [0.25, 0.3) is 10.9 Å². The van der Waals surface area contributed by atoms with E-state index in [9.17, 15) is 13.2 Å². The number of carbonyl (C=O) groups excluding carboxylic acids is 1. The van der Waals surface area contributed by atoms with Crippen LogP contribution in [0.2, 0.25) is 0 Å². The van der Waals surface area contributed by atoms with E-state index in [0.29, 0.717) is 32.1 Å². The predicted octanol–water partition coefficient (Wildman–Crippen LogP) is 2.26. The van der Waals surface area contributed by atoms with E-state index in [0.717, 1.165) is 42.4 Å². The molecule has 0 N–H and O–H groups in total. The van der Waals surface area contributed by atoms with Gasteiger partial charge in [0.1, 0.15) is 12.1 Å². The van der Waals surface area contributed by atoms with Crippen LogP contribution in [0.5, 0.6) is 0 Å². The molecular formula is C20H26N4O3S. The molecule has 2 aromatic rings. The SMILES string of the molecule is CS(=O)(=O)c1ccc2ncnc(N3CCN(C(=O)C4CCCCC4)CC3)c2c1. The highest BCUT2D eigenvalue weighted by Crippen LogP contribution is 2.28. The molecule has 150 valence electrons. The van der Waals surface area contributed by atoms with Crippen LogP contribution >= 0.6 is 0 Å². The molecule has 1 aliphatic heterocycles. The zero-order valence-corrected chi connectivity index (χ0v) is 17.0. The molecule has 28 heavy (non-hydrogen) atoms. The molecular weight excluding hydrogens is 376 g/mol. The topological polar surface area (TPSA) is 83.5 Å². The van der Waals surface area contributed by atoms with Gasteiger partial charge in [0.15, 0.2) is 9.84 Å². The summed E-state index contributed by atoms with van der Waals surface area (Å²) >= 11 is 0. The number of sulfone groups is 1. The average molecular weight is 403 g/mol. The molecule has 2 fully saturated rings. The highest BCUT2D eigenvalue weighted by molar-refractivity contribution is 7.90. The summed E-state index contributed by atoms with van der Waals surface area (Å²) in [5.41, 5.74) is 0.720. The molecule has 1 saturated heterocycles. The Bertz CT molecular complexity index is 978. The Morgan fingerprint density at radius 3 is 2.43 bits per heavy atom. The largest absolute Gasteiger partial charge is 0.352 e. The van der Waals surface area contributed by atoms with Crippen LogP contribution in [-0.4, -0.2) is 61.6 Å². The molecule has 1 saturated carbocycles. The Morgan fingerprint density at radius 1 is 1.04 bits per heavy atom. The van der Waals surface area contributed by atoms with Gasteiger partial charge in [-0.15, -0.1) is 0 Å². The number of benzene rings is 1. The number of carbonyl (C=O) groups is 1. The molecule has 0 radical (unpaired) electrons. The van der Waals surface area contributed by atoms with Crippen molar-refractivity contribution in [1.82, 2.24) is 14.9 Å². The first kappa shape index (κ1) is 19.1. The van der Waals surface area contributed by atoms with E-state index in [1.807, 2.05) is 4.90 Å². The highest BCUT2D eigenvalue weighted by Gasteiger charge is 2.29. The molecule has 8 heteroatoms. The van der Waals surface area contributed by atoms with Crippen molar-refractivity contribution in [1.29, 1.82) is 0 Å². The summed E-state index contributed by atoms with van der Waals surface area (Å²) < 4.78 is 23.9. The monoisotopic (exact) mass is 402 g/mol. The average Bonchev–Trinajstić information content (AvgIpc) is 2.72. The smallest absolute Gasteiger partial charge is 0.225 e. The molecule has 2 aliphatic rings. The zero-order valence-electron chi connectivity index (χ0n) is 16.2. The van der Waals surface area contributed by atoms with Crippen LogP contribution in [0.1, 0.15) is 32.1 Å². The Labute approximate surface area is 165 Å². The van der Waals surface area contributed by atoms with Gasteiger partial charge in [-0.1, -0.05) is 19.3 Å². The number of hydrogen-bond acceptors (Lipinski definition) is 6. The number of rotatable bonds is 3. The van der Waals surface area contributed by atoms with Crippen molar-refractivity contribution in [3.63, 3.8) is 0 Å². The fraction of sp³-hybridized carbons (Fsp3) is 0.550. The molecule has 0 unspecified atom stereocenters. The van der Waals surface area contributed by atoms with Crippen molar-refractivity contribution in [2.24, 2.45) is 5.92 Å². The summed E-state index contributed by atoms with van der Waals surface area (Å²) in [5, 5.41) is 0.734. The first-order valence-electron chi connectivity index (χ1n) is 9.92. The van der Waals surface area contributed by atoms with Crippen LogP contribution in [0.3, 0.4) is 0 Å². The summed E-state index contributed by atoms with van der Waals surface area (Å²) in [4.78, 5) is 25.9. The third kappa shape index (κ3) is 3.83. The van der Waals surface area contributed by atoms with Gasteiger partial charge in [0, 0.05) is 43.7 Å². The standard InChI is InChI=1S/C20H26N4O3S/c1-28(26,27)16-7-8-18-17(13-16)19(22-14-21-18)23-9-11-24(12-10-23)20(25)15-5-3-2-4-6-15/h7-8,13-15H,2-6,9-12H2,1H3. The number of hydrogen-bond donors (Lipinski definition) is 0. The Hall–Kier alpha value is -2.22. The summed E-state index contributed by atoms with van der Waals surface area (Å²) in [7, 11) is -3.30. The molecule has 0 atom stereocenters. The summed E-state index contributed by atoms with van der Waals surface area (Å²) in [6.07, 6.45) is 8.31. The predicted molar refractivity (Wildman–Crippen MR) is 108 cm³/mol. The lowest BCUT2D eigenvalue weighted by Crippen LogP contribution is -2.50. The van der Waals surface area contributed by atoms with Gasteiger partial charge in [-0.25, -0.2) is 18.4 Å². The third-order valence-corrected chi connectivity index (χ3v) is 6.97. The maximum atomic E-state index is 12.8. The second kappa shape index (κ2) is 7.66. The Morgan fingerprint density at radius 2 is 1.75 bits per heavy atom. The lowest BCUT2D eigenvalue weighted by molar-refractivity contribution is -0.136. The lowest BCUT2D eigenvalue weighted by atomic mass is 9.88. The van der Waals surface area contributed by atoms with Crippen molar-refractivity contribution >= 4 is 32.5 Å². The fourth-order valence-electron chi connectivity index (χ4n) is 4.25. The number of fused-ring (bicyclic) bond motifs is 1. The van der Waals surface area contributed by atoms with Crippen molar-refractivity contribution in [3.8, 4) is 0 Å². The molecule has 1 aromatic carbocycles. The zero-order chi connectivity index (χ0) is 19.7. The van der Waals surface area contributed by atoms with Gasteiger partial charge in [0.05, 0.1) is 10.4 Å². The van der Waals surface area contributed by atoms with Gasteiger partial charge >= 0.3 is 0 Å². The Kier molecular flexibility index (Phi) is 5.23. The van der Waals surface area contributed by atoms with Crippen LogP contribution in [-0.2, 0) is 14.6 Å². The molecule has 4 rings (SSSR count). The molecule has 1 aromatic heterocycles. The van der Waals surface area contributed by atoms with Gasteiger partial charge < -0.3 is 9.80 Å². The van der Waals surface area contributed by atoms with E-state index in [2.05, 4.69) is 14.9 Å². The van der Waals surface area contributed by atoms with E-state index in [1.54, 1.807) is 18.2 Å². The first-order chi connectivity index (χ1) is 13.4. The number of nitrogens with zero attached hydrogens (tertiary/aromatic N) is 4. The van der Waals surface area contributed by atoms with Gasteiger partial charge in [-0.2, -0.15) is 0 Å². The van der Waals surface area contributed by atoms with Crippen molar-refractivity contribution in [3.05, 3.63) is 24.5 Å². The summed E-state index contributed by atoms with van der Waals surface area (Å²) in [6, 6.07) is 4.95. The third-order valence-electron chi connectivity index (χ3n) is 5.86. The minimum Gasteiger partial charge on any atom is -0.352 e. The van der Waals surface area contributed by atoms with Gasteiger partial charge in [-0.05, 0) is 31.0 Å². The molecule has 2 heterocycles. The van der Waals surface area contributed by atoms with Crippen molar-refractivity contribution < 1.29 is 13.2 Å². The Balaban J connectivity index is 1.53. The van der Waals surface area contributed by atoms with Gasteiger partial charge in [0.25, 0.3) is 0 Å². The normalized spacial score (nSPS) is 19.2. The summed E-state index contributed by atoms with van der Waals surface area (Å²) in [5.74, 6) is 1.23. The van der Waals surface area contributed by atoms with Gasteiger partial charge in [0.2, 0.25) is 5.91 Å². The molecule has 1 amide bonds. The molecule has 0 bridgehead atoms. The maximum Gasteiger partial charge on any atom is 0.225 e. The fourth-order valence-corrected chi connectivity index (χ4v) is 4.90. The van der Waals surface area contributed by atoms with Crippen molar-refractivity contribution in [2.45, 2.75) is 37.0 Å². The number of amides is 1. The van der Waals surface area contributed by atoms with E-state index in [1.165, 1.54) is 19.0 Å². The number of anilines is 1. The quantitative estimate of drug-likeness (QED) is 0.783. The minimum atomic E-state index is -3.30. The molecule has 7 nitrogen and oxygen atoms in total. The second-order valence-corrected chi connectivity index (χ2v) is 9.81. The summed E-state index contributed by atoms with van der Waals surface area (Å²) in [6.45, 7) is 2.72. The van der Waals surface area contributed by atoms with Gasteiger partial charge in [-0.3, -0.25) is 4.79 Å². The molecule has 0 spiro atoms. The number of aromatic nitrogens is 2. The van der Waals surface area contributed by atoms with E-state index < -0.39 is 9.84 Å². The number of piperazine rings is 1. The van der Waals surface area contributed by atoms with Crippen LogP contribution in [0, 0.1) is 5.92 Å². The van der Waals surface area contributed by atoms with E-state index in [4.69, 9.17) is 0 Å². The van der Waals surface area contributed by atoms with Crippen LogP contribution < -0.4 is 4.90 Å². The van der Waals surface area contributed by atoms with Crippen LogP contribution in [0.4, 0.5) is 5.82 Å². The van der Waals surface area contributed by atoms with E-state index >= 15 is 0 Å². The second-order valence-electron chi connectivity index (χ2n) is 7.80. The lowest BCUT2D eigenvalue weighted by Gasteiger charge is -2.38. The van der Waals surface area contributed by atoms with E-state index in [-0.39, 0.29) is 10.8 Å². The maximum absolute atomic E-state index is 12.8.